The molecule has 2 heterocycles. The third-order valence-corrected chi connectivity index (χ3v) is 8.06. The SMILES string of the molecule is C[C@H](Oc1cccc(-c2cccc(-n3ncc(C(=O)[O-])c3[C@@H]3C[C@H]3c3cn(C)nn3)c2)c1)C1CCCCC1.[Na+]. The third kappa shape index (κ3) is 5.83. The fraction of sp³-hybridized carbons (Fsp3) is 0.400. The predicted octanol–water partition coefficient (Wildman–Crippen LogP) is 1.65. The van der Waals surface area contributed by atoms with E-state index in [0.717, 1.165) is 34.7 Å². The van der Waals surface area contributed by atoms with Crippen LogP contribution in [0, 0.1) is 5.92 Å². The minimum Gasteiger partial charge on any atom is -0.545 e. The van der Waals surface area contributed by atoms with Crippen LogP contribution in [0.3, 0.4) is 0 Å². The van der Waals surface area contributed by atoms with Crippen LogP contribution in [0.15, 0.2) is 60.9 Å². The number of aromatic carboxylic acids is 1. The van der Waals surface area contributed by atoms with E-state index in [-0.39, 0.29) is 53.1 Å². The maximum Gasteiger partial charge on any atom is 1.00 e. The minimum atomic E-state index is -1.22. The number of carboxylic acids is 1. The number of aryl methyl sites for hydroxylation is 1. The van der Waals surface area contributed by atoms with Crippen LogP contribution in [0.2, 0.25) is 0 Å². The summed E-state index contributed by atoms with van der Waals surface area (Å²) in [5.74, 6) is 0.364. The molecular formula is C30H32N5NaO3. The molecule has 4 aromatic rings. The normalized spacial score (nSPS) is 19.7. The van der Waals surface area contributed by atoms with Gasteiger partial charge in [0.1, 0.15) is 5.75 Å². The topological polar surface area (TPSA) is 97.9 Å². The fourth-order valence-corrected chi connectivity index (χ4v) is 5.92. The van der Waals surface area contributed by atoms with Gasteiger partial charge in [0, 0.05) is 30.6 Å². The molecule has 8 nitrogen and oxygen atoms in total. The van der Waals surface area contributed by atoms with Gasteiger partial charge in [0.25, 0.3) is 0 Å². The number of carboxylic acid groups (broad SMARTS) is 1. The van der Waals surface area contributed by atoms with E-state index in [2.05, 4.69) is 40.5 Å². The molecule has 0 unspecified atom stereocenters. The molecule has 0 amide bonds. The molecule has 2 aromatic heterocycles. The molecule has 2 fully saturated rings. The van der Waals surface area contributed by atoms with E-state index in [0.29, 0.717) is 11.6 Å². The van der Waals surface area contributed by atoms with E-state index in [1.54, 1.807) is 9.36 Å². The summed E-state index contributed by atoms with van der Waals surface area (Å²) in [6, 6.07) is 16.2. The Balaban J connectivity index is 0.00000308. The molecule has 0 radical (unpaired) electrons. The first-order valence-corrected chi connectivity index (χ1v) is 13.5. The Morgan fingerprint density at radius 2 is 1.79 bits per heavy atom. The molecule has 2 aliphatic rings. The summed E-state index contributed by atoms with van der Waals surface area (Å²) >= 11 is 0. The molecule has 196 valence electrons. The predicted molar refractivity (Wildman–Crippen MR) is 141 cm³/mol. The molecule has 9 heteroatoms. The number of aromatic nitrogens is 5. The first kappa shape index (κ1) is 27.6. The Bertz CT molecular complexity index is 1460. The molecule has 2 saturated carbocycles. The second-order valence-electron chi connectivity index (χ2n) is 10.7. The molecule has 0 aliphatic heterocycles. The maximum absolute atomic E-state index is 12.0. The van der Waals surface area contributed by atoms with Crippen molar-refractivity contribution in [1.82, 2.24) is 24.8 Å². The van der Waals surface area contributed by atoms with E-state index in [1.165, 1.54) is 38.3 Å². The van der Waals surface area contributed by atoms with Crippen LogP contribution in [0.25, 0.3) is 16.8 Å². The molecule has 2 aromatic carbocycles. The Labute approximate surface area is 250 Å². The summed E-state index contributed by atoms with van der Waals surface area (Å²) in [5.41, 5.74) is 4.49. The summed E-state index contributed by atoms with van der Waals surface area (Å²) in [6.07, 6.45) is 10.7. The summed E-state index contributed by atoms with van der Waals surface area (Å²) in [7, 11) is 1.83. The standard InChI is InChI=1S/C30H33N5O3.Na/c1-19(20-8-4-3-5-9-20)38-24-13-7-11-22(15-24)21-10-6-12-23(14-21)35-29(27(17-31-35)30(36)37)26-16-25(26)28-18-34(2)33-32-28;/h6-7,10-15,17-20,25-26H,3-5,8-9,16H2,1-2H3,(H,36,37);/q;+1/p-1/t19-,25+,26+;/m0./s1. The first-order valence-electron chi connectivity index (χ1n) is 13.5. The molecular weight excluding hydrogens is 501 g/mol. The third-order valence-electron chi connectivity index (χ3n) is 8.06. The van der Waals surface area contributed by atoms with Crippen molar-refractivity contribution in [2.24, 2.45) is 13.0 Å². The molecule has 0 N–H and O–H groups in total. The Morgan fingerprint density at radius 1 is 1.05 bits per heavy atom. The summed E-state index contributed by atoms with van der Waals surface area (Å²) in [4.78, 5) is 12.0. The van der Waals surface area contributed by atoms with Crippen molar-refractivity contribution in [3.63, 3.8) is 0 Å². The summed E-state index contributed by atoms with van der Waals surface area (Å²) in [5, 5.41) is 24.7. The van der Waals surface area contributed by atoms with Crippen molar-refractivity contribution < 1.29 is 44.2 Å². The second-order valence-corrected chi connectivity index (χ2v) is 10.7. The monoisotopic (exact) mass is 533 g/mol. The van der Waals surface area contributed by atoms with Gasteiger partial charge in [-0.2, -0.15) is 5.10 Å². The largest absolute Gasteiger partial charge is 1.00 e. The van der Waals surface area contributed by atoms with Crippen molar-refractivity contribution in [3.05, 3.63) is 77.9 Å². The molecule has 0 bridgehead atoms. The van der Waals surface area contributed by atoms with E-state index in [4.69, 9.17) is 4.74 Å². The van der Waals surface area contributed by atoms with E-state index < -0.39 is 5.97 Å². The van der Waals surface area contributed by atoms with Crippen LogP contribution < -0.4 is 39.4 Å². The van der Waals surface area contributed by atoms with Crippen molar-refractivity contribution in [2.75, 3.05) is 0 Å². The average Bonchev–Trinajstić information content (AvgIpc) is 3.38. The Morgan fingerprint density at radius 3 is 2.51 bits per heavy atom. The van der Waals surface area contributed by atoms with Crippen molar-refractivity contribution >= 4 is 5.97 Å². The van der Waals surface area contributed by atoms with Gasteiger partial charge in [0.05, 0.1) is 35.3 Å². The quantitative estimate of drug-likeness (QED) is 0.320. The van der Waals surface area contributed by atoms with Gasteiger partial charge in [-0.05, 0) is 67.5 Å². The number of carbonyl (C=O) groups is 1. The van der Waals surface area contributed by atoms with Gasteiger partial charge < -0.3 is 14.6 Å². The van der Waals surface area contributed by atoms with Crippen LogP contribution >= 0.6 is 0 Å². The van der Waals surface area contributed by atoms with Crippen molar-refractivity contribution in [2.45, 2.75) is 63.4 Å². The number of benzene rings is 2. The van der Waals surface area contributed by atoms with Crippen molar-refractivity contribution in [3.8, 4) is 22.6 Å². The van der Waals surface area contributed by atoms with Crippen LogP contribution in [-0.2, 0) is 7.05 Å². The number of carbonyl (C=O) groups excluding carboxylic acids is 1. The van der Waals surface area contributed by atoms with Gasteiger partial charge >= 0.3 is 29.6 Å². The van der Waals surface area contributed by atoms with E-state index >= 15 is 0 Å². The first-order chi connectivity index (χ1) is 18.5. The Hall–Kier alpha value is -2.94. The van der Waals surface area contributed by atoms with Gasteiger partial charge in [-0.15, -0.1) is 5.10 Å². The molecule has 2 aliphatic carbocycles. The molecule has 39 heavy (non-hydrogen) atoms. The zero-order chi connectivity index (χ0) is 26.2. The molecule has 0 spiro atoms. The number of hydrogen-bond donors (Lipinski definition) is 0. The van der Waals surface area contributed by atoms with Crippen LogP contribution in [0.4, 0.5) is 0 Å². The smallest absolute Gasteiger partial charge is 0.545 e. The molecule has 0 saturated heterocycles. The number of nitrogens with zero attached hydrogens (tertiary/aromatic N) is 5. The van der Waals surface area contributed by atoms with Crippen LogP contribution in [0.1, 0.15) is 79.0 Å². The second kappa shape index (κ2) is 11.7. The summed E-state index contributed by atoms with van der Waals surface area (Å²) in [6.45, 7) is 2.18. The van der Waals surface area contributed by atoms with Gasteiger partial charge in [-0.3, -0.25) is 4.68 Å². The molecule has 6 rings (SSSR count). The van der Waals surface area contributed by atoms with Gasteiger partial charge in [0.15, 0.2) is 0 Å². The molecule has 3 atom stereocenters. The van der Waals surface area contributed by atoms with Crippen molar-refractivity contribution in [1.29, 1.82) is 0 Å². The van der Waals surface area contributed by atoms with E-state index in [1.807, 2.05) is 43.6 Å². The van der Waals surface area contributed by atoms with Gasteiger partial charge in [-0.25, -0.2) is 4.68 Å². The van der Waals surface area contributed by atoms with Gasteiger partial charge in [0.2, 0.25) is 0 Å². The van der Waals surface area contributed by atoms with Crippen LogP contribution in [0.5, 0.6) is 5.75 Å². The van der Waals surface area contributed by atoms with E-state index in [9.17, 15) is 9.90 Å². The van der Waals surface area contributed by atoms with Gasteiger partial charge in [-0.1, -0.05) is 48.7 Å². The maximum atomic E-state index is 12.0. The number of rotatable bonds is 8. The number of ether oxygens (including phenoxy) is 1. The zero-order valence-corrected chi connectivity index (χ0v) is 24.8. The fourth-order valence-electron chi connectivity index (χ4n) is 5.92. The minimum absolute atomic E-state index is 0. The van der Waals surface area contributed by atoms with Crippen LogP contribution in [-0.4, -0.2) is 36.8 Å². The average molecular weight is 534 g/mol. The summed E-state index contributed by atoms with van der Waals surface area (Å²) < 4.78 is 9.78. The zero-order valence-electron chi connectivity index (χ0n) is 22.8. The number of hydrogen-bond acceptors (Lipinski definition) is 6. The Kier molecular flexibility index (Phi) is 8.26.